The fraction of sp³-hybridized carbons (Fsp3) is 0.256. The fourth-order valence-electron chi connectivity index (χ4n) is 14.2. The number of aromatic nitrogens is 8. The molecular weight excluding hydrogens is 1300 g/mol. The van der Waals surface area contributed by atoms with Crippen LogP contribution in [0.3, 0.4) is 0 Å². The largest absolute Gasteiger partial charge is 0.469 e. The van der Waals surface area contributed by atoms with E-state index in [4.69, 9.17) is 38.9 Å². The number of esters is 4. The van der Waals surface area contributed by atoms with E-state index in [0.29, 0.717) is 105 Å². The zero-order chi connectivity index (χ0) is 74.1. The highest BCUT2D eigenvalue weighted by Gasteiger charge is 2.38. The number of aromatic amines is 4. The summed E-state index contributed by atoms with van der Waals surface area (Å²) in [5.74, 6) is -1.34. The molecule has 0 amide bonds. The van der Waals surface area contributed by atoms with Gasteiger partial charge < -0.3 is 49.1 Å². The van der Waals surface area contributed by atoms with Gasteiger partial charge in [-0.1, -0.05) is 110 Å². The van der Waals surface area contributed by atoms with Crippen LogP contribution >= 0.6 is 0 Å². The number of hydrogen-bond acceptors (Lipinski definition) is 14. The van der Waals surface area contributed by atoms with E-state index in [1.165, 1.54) is 28.4 Å². The highest BCUT2D eigenvalue weighted by atomic mass is 16.5. The third-order valence-electron chi connectivity index (χ3n) is 20.6. The Morgan fingerprint density at radius 1 is 0.423 bits per heavy atom. The second kappa shape index (κ2) is 29.8. The molecular formula is C86H86N8O10. The van der Waals surface area contributed by atoms with Crippen molar-refractivity contribution in [2.75, 3.05) is 28.4 Å². The summed E-state index contributed by atoms with van der Waals surface area (Å²) < 4.78 is 20.2. The van der Waals surface area contributed by atoms with E-state index in [0.717, 1.165) is 111 Å². The summed E-state index contributed by atoms with van der Waals surface area (Å²) in [5.41, 5.74) is 23.4. The molecule has 10 heterocycles. The molecule has 18 nitrogen and oxygen atoms in total. The Bertz CT molecular complexity index is 4980. The summed E-state index contributed by atoms with van der Waals surface area (Å²) >= 11 is 0. The molecule has 0 spiro atoms. The number of allylic oxidation sites excluding steroid dienone is 14. The van der Waals surface area contributed by atoms with Gasteiger partial charge in [-0.3, -0.25) is 19.2 Å². The van der Waals surface area contributed by atoms with Crippen LogP contribution in [0.15, 0.2) is 147 Å². The molecule has 0 unspecified atom stereocenters. The molecule has 530 valence electrons. The summed E-state index contributed by atoms with van der Waals surface area (Å²) in [6, 6.07) is 32.0. The minimum absolute atomic E-state index is 0.135. The first kappa shape index (κ1) is 72.2. The summed E-state index contributed by atoms with van der Waals surface area (Å²) in [6.45, 7) is 23.8. The Hall–Kier alpha value is -11.6. The average Bonchev–Trinajstić information content (AvgIpc) is 1.58. The van der Waals surface area contributed by atoms with Crippen LogP contribution in [-0.2, 0) is 62.2 Å². The van der Waals surface area contributed by atoms with Gasteiger partial charge in [-0.15, -0.1) is 0 Å². The number of aryl methyl sites for hydroxylation is 4. The second-order valence-corrected chi connectivity index (χ2v) is 27.0. The van der Waals surface area contributed by atoms with Crippen molar-refractivity contribution in [2.24, 2.45) is 0 Å². The average molecular weight is 1390 g/mol. The molecule has 6 N–H and O–H groups in total. The Labute approximate surface area is 604 Å². The van der Waals surface area contributed by atoms with Crippen molar-refractivity contribution in [3.05, 3.63) is 248 Å². The second-order valence-electron chi connectivity index (χ2n) is 27.0. The smallest absolute Gasteiger partial charge is 0.305 e. The van der Waals surface area contributed by atoms with Crippen molar-refractivity contribution >= 4 is 114 Å². The number of methoxy groups -OCH3 is 4. The number of nitrogens with zero attached hydrogens (tertiary/aromatic N) is 4. The number of fused-ring (bicyclic) bond motifs is 16. The van der Waals surface area contributed by atoms with Gasteiger partial charge >= 0.3 is 23.9 Å². The first-order valence-electron chi connectivity index (χ1n) is 34.7. The van der Waals surface area contributed by atoms with Crippen LogP contribution in [0.25, 0.3) is 101 Å². The third kappa shape index (κ3) is 14.3. The number of ether oxygens (including phenoxy) is 4. The van der Waals surface area contributed by atoms with Crippen LogP contribution in [-0.4, -0.2) is 102 Å². The van der Waals surface area contributed by atoms with Gasteiger partial charge in [0.2, 0.25) is 0 Å². The lowest BCUT2D eigenvalue weighted by Crippen LogP contribution is -2.19. The van der Waals surface area contributed by atoms with Gasteiger partial charge in [-0.25, -0.2) is 19.9 Å². The van der Waals surface area contributed by atoms with Gasteiger partial charge in [0, 0.05) is 81.4 Å². The minimum Gasteiger partial charge on any atom is -0.469 e. The molecule has 12 rings (SSSR count). The molecule has 0 fully saturated rings. The number of hydrogen-bond donors (Lipinski definition) is 6. The van der Waals surface area contributed by atoms with Crippen molar-refractivity contribution in [3.8, 4) is 11.1 Å². The first-order chi connectivity index (χ1) is 49.8. The van der Waals surface area contributed by atoms with Crippen molar-refractivity contribution in [1.29, 1.82) is 0 Å². The Morgan fingerprint density at radius 3 is 1.10 bits per heavy atom. The van der Waals surface area contributed by atoms with Crippen molar-refractivity contribution in [3.63, 3.8) is 0 Å². The molecule has 6 aromatic rings. The van der Waals surface area contributed by atoms with E-state index in [1.54, 1.807) is 26.0 Å². The SMILES string of the molecule is C=CC1=C(C)c2cc3[nH]c(cc4nc(cc5[nH]c(cc1n2)[C@@](C)(O)/C5=C\C=C\c1ccc(-c2ccc(/C=C/C=C5\c6cc7nc(cc8[nH]c(cc9nc(cc([nH]6)[C@@]5(C)O)C(C=C)=C9C)c(C)c8CCC(=O)OC)C(CCC(=O)OC)=C7C)cc2)cc1)C(C)=C4CCC(=O)OC)c(CCC(=O)OC)c3C. The molecule has 16 bridgehead atoms. The summed E-state index contributed by atoms with van der Waals surface area (Å²) in [4.78, 5) is 85.4. The van der Waals surface area contributed by atoms with Gasteiger partial charge in [0.05, 0.1) is 85.4 Å². The van der Waals surface area contributed by atoms with Crippen LogP contribution in [0.2, 0.25) is 0 Å². The first-order valence-corrected chi connectivity index (χ1v) is 34.7. The van der Waals surface area contributed by atoms with Gasteiger partial charge in [0.25, 0.3) is 0 Å². The number of benzene rings is 2. The number of H-pyrrole nitrogens is 4. The van der Waals surface area contributed by atoms with E-state index in [-0.39, 0.29) is 49.6 Å². The maximum atomic E-state index is 12.7. The van der Waals surface area contributed by atoms with Gasteiger partial charge in [-0.2, -0.15) is 0 Å². The maximum Gasteiger partial charge on any atom is 0.305 e. The van der Waals surface area contributed by atoms with Crippen molar-refractivity contribution in [1.82, 2.24) is 39.9 Å². The van der Waals surface area contributed by atoms with Gasteiger partial charge in [0.1, 0.15) is 11.2 Å². The number of aliphatic hydroxyl groups is 2. The van der Waals surface area contributed by atoms with Crippen LogP contribution in [0, 0.1) is 13.8 Å². The zero-order valence-electron chi connectivity index (χ0n) is 60.9. The molecule has 104 heavy (non-hydrogen) atoms. The Kier molecular flexibility index (Phi) is 20.7. The molecule has 0 saturated carbocycles. The van der Waals surface area contributed by atoms with Gasteiger partial charge in [0.15, 0.2) is 0 Å². The van der Waals surface area contributed by atoms with Crippen molar-refractivity contribution in [2.45, 2.75) is 118 Å². The summed E-state index contributed by atoms with van der Waals surface area (Å²) in [7, 11) is 5.52. The molecule has 6 aliphatic heterocycles. The quantitative estimate of drug-likeness (QED) is 0.0326. The minimum atomic E-state index is -1.52. The van der Waals surface area contributed by atoms with Crippen LogP contribution < -0.4 is 0 Å². The van der Waals surface area contributed by atoms with Crippen LogP contribution in [0.1, 0.15) is 182 Å². The predicted octanol–water partition coefficient (Wildman–Crippen LogP) is 16.9. The van der Waals surface area contributed by atoms with E-state index in [9.17, 15) is 29.4 Å². The van der Waals surface area contributed by atoms with E-state index in [1.807, 2.05) is 151 Å². The standard InChI is InChI=1S/C86H86N8O10/c1-15-57-47(3)65-39-67-49(5)59(31-35-81(95)101-11)71(87-67)43-73-61(33-37-83(97)103-13)51(7)69(89-73)41-77-63(85(9,99)79(93-77)45-75(57)91-65)21-17-19-53-23-27-55(28-24-53)56-29-25-54(26-30-56)20-18-22-64-78-42-70-52(8)62(34-38-84(98)104-14)74(90-70)44-72-60(32-36-82(96)102-12)50(6)68(88-72)40-66-48(4)58(16-2)76(92-66)46-80(94-78)86(64,10)100/h15-30,39-46,87-88,93-94,99-100H,1-2,31-38H2,3-14H3/b19-17+,20-18+,63-21-,64-22+,65-39?,66-40?,73-43?,74-44?,77-41?,78-42?,79-45?,80-46?/t85-,86-/m0/s1. The molecule has 4 aromatic heterocycles. The topological polar surface area (TPSA) is 260 Å². The van der Waals surface area contributed by atoms with E-state index < -0.39 is 11.2 Å². The molecule has 0 saturated heterocycles. The number of nitrogens with one attached hydrogen (secondary N) is 4. The maximum absolute atomic E-state index is 12.7. The van der Waals surface area contributed by atoms with E-state index in [2.05, 4.69) is 57.4 Å². The van der Waals surface area contributed by atoms with Crippen molar-refractivity contribution < 1.29 is 48.3 Å². The zero-order valence-corrected chi connectivity index (χ0v) is 60.9. The van der Waals surface area contributed by atoms with Gasteiger partial charge in [-0.05, 0) is 208 Å². The lowest BCUT2D eigenvalue weighted by atomic mass is 9.91. The van der Waals surface area contributed by atoms with E-state index >= 15 is 0 Å². The Morgan fingerprint density at radius 2 is 0.750 bits per heavy atom. The molecule has 18 heteroatoms. The molecule has 2 atom stereocenters. The monoisotopic (exact) mass is 1390 g/mol. The molecule has 0 aliphatic carbocycles. The summed E-state index contributed by atoms with van der Waals surface area (Å²) in [6.07, 6.45) is 17.4. The third-order valence-corrected chi connectivity index (χ3v) is 20.6. The highest BCUT2D eigenvalue weighted by Crippen LogP contribution is 2.45. The number of rotatable bonds is 19. The molecule has 6 aliphatic rings. The fourth-order valence-corrected chi connectivity index (χ4v) is 14.2. The molecule has 0 radical (unpaired) electrons. The van der Waals surface area contributed by atoms with Crippen LogP contribution in [0.5, 0.6) is 0 Å². The number of carbonyl (C=O) groups excluding carboxylic acids is 4. The lowest BCUT2D eigenvalue weighted by molar-refractivity contribution is -0.141. The number of carbonyl (C=O) groups is 4. The Balaban J connectivity index is 0.858. The van der Waals surface area contributed by atoms with Crippen LogP contribution in [0.4, 0.5) is 0 Å². The predicted molar refractivity (Wildman–Crippen MR) is 413 cm³/mol. The molecule has 2 aromatic carbocycles. The lowest BCUT2D eigenvalue weighted by Gasteiger charge is -2.19. The normalized spacial score (nSPS) is 17.4. The summed E-state index contributed by atoms with van der Waals surface area (Å²) in [5, 5.41) is 25.4. The highest BCUT2D eigenvalue weighted by molar-refractivity contribution is 6.00.